The predicted molar refractivity (Wildman–Crippen MR) is 132 cm³/mol. The molecule has 0 atom stereocenters. The van der Waals surface area contributed by atoms with Gasteiger partial charge >= 0.3 is 0 Å². The van der Waals surface area contributed by atoms with Crippen LogP contribution in [0.3, 0.4) is 0 Å². The Hall–Kier alpha value is -4.23. The third kappa shape index (κ3) is 4.83. The fourth-order valence-electron chi connectivity index (χ4n) is 3.72. The summed E-state index contributed by atoms with van der Waals surface area (Å²) in [5, 5.41) is 12.1. The highest BCUT2D eigenvalue weighted by molar-refractivity contribution is 6.00. The van der Waals surface area contributed by atoms with Gasteiger partial charge in [-0.25, -0.2) is 0 Å². The van der Waals surface area contributed by atoms with E-state index >= 15 is 0 Å². The van der Waals surface area contributed by atoms with E-state index in [1.165, 1.54) is 5.56 Å². The van der Waals surface area contributed by atoms with Crippen molar-refractivity contribution in [3.8, 4) is 23.3 Å². The molecule has 4 aromatic carbocycles. The van der Waals surface area contributed by atoms with Gasteiger partial charge in [-0.3, -0.25) is 0 Å². The Bertz CT molecular complexity index is 1350. The zero-order valence-corrected chi connectivity index (χ0v) is 19.0. The molecule has 0 N–H and O–H groups in total. The molecule has 4 heteroatoms. The van der Waals surface area contributed by atoms with Crippen molar-refractivity contribution in [2.24, 2.45) is 0 Å². The quantitative estimate of drug-likeness (QED) is 0.236. The van der Waals surface area contributed by atoms with Gasteiger partial charge in [0.15, 0.2) is 11.5 Å². The van der Waals surface area contributed by atoms with Gasteiger partial charge in [-0.2, -0.15) is 5.26 Å². The smallest absolute Gasteiger partial charge is 0.161 e. The zero-order chi connectivity index (χ0) is 23.2. The summed E-state index contributed by atoms with van der Waals surface area (Å²) >= 11 is 0. The number of benzene rings is 4. The molecule has 0 aliphatic carbocycles. The van der Waals surface area contributed by atoms with Crippen molar-refractivity contribution in [3.63, 3.8) is 0 Å². The molecule has 0 aliphatic rings. The highest BCUT2D eigenvalue weighted by atomic mass is 16.5. The molecule has 33 heavy (non-hydrogen) atoms. The Kier molecular flexibility index (Phi) is 6.61. The first-order chi connectivity index (χ1) is 16.1. The first-order valence-electron chi connectivity index (χ1n) is 10.7. The molecule has 0 saturated carbocycles. The van der Waals surface area contributed by atoms with Gasteiger partial charge in [0, 0.05) is 5.56 Å². The molecule has 0 saturated heterocycles. The van der Waals surface area contributed by atoms with Crippen LogP contribution in [0.25, 0.3) is 22.4 Å². The van der Waals surface area contributed by atoms with Gasteiger partial charge in [0.2, 0.25) is 0 Å². The van der Waals surface area contributed by atoms with Crippen LogP contribution in [0.5, 0.6) is 17.2 Å². The molecule has 0 unspecified atom stereocenters. The van der Waals surface area contributed by atoms with Crippen LogP contribution in [-0.4, -0.2) is 14.2 Å². The lowest BCUT2D eigenvalue weighted by molar-refractivity contribution is 0.306. The van der Waals surface area contributed by atoms with Crippen molar-refractivity contribution in [1.29, 1.82) is 5.26 Å². The molecule has 164 valence electrons. The predicted octanol–water partition coefficient (Wildman–Crippen LogP) is 6.81. The van der Waals surface area contributed by atoms with Crippen molar-refractivity contribution in [2.45, 2.75) is 13.5 Å². The minimum atomic E-state index is 0.442. The maximum atomic E-state index is 10.00. The average Bonchev–Trinajstić information content (AvgIpc) is 2.86. The first kappa shape index (κ1) is 22.0. The van der Waals surface area contributed by atoms with E-state index in [0.29, 0.717) is 23.7 Å². The van der Waals surface area contributed by atoms with Crippen LogP contribution < -0.4 is 14.2 Å². The Morgan fingerprint density at radius 1 is 0.848 bits per heavy atom. The fraction of sp³-hybridized carbons (Fsp3) is 0.138. The highest BCUT2D eigenvalue weighted by Gasteiger charge is 2.12. The van der Waals surface area contributed by atoms with Crippen molar-refractivity contribution >= 4 is 22.4 Å². The molecule has 0 heterocycles. The van der Waals surface area contributed by atoms with Gasteiger partial charge in [0.25, 0.3) is 0 Å². The number of nitriles is 1. The Labute approximate surface area is 194 Å². The first-order valence-corrected chi connectivity index (χ1v) is 10.7. The lowest BCUT2D eigenvalue weighted by Crippen LogP contribution is -1.98. The van der Waals surface area contributed by atoms with E-state index < -0.39 is 0 Å². The van der Waals surface area contributed by atoms with Gasteiger partial charge in [-0.1, -0.05) is 60.2 Å². The molecular formula is C29H25NO3. The molecule has 0 aromatic heterocycles. The molecule has 4 rings (SSSR count). The maximum absolute atomic E-state index is 10.00. The molecule has 4 nitrogen and oxygen atoms in total. The maximum Gasteiger partial charge on any atom is 0.161 e. The summed E-state index contributed by atoms with van der Waals surface area (Å²) in [5.74, 6) is 1.92. The Morgan fingerprint density at radius 2 is 1.58 bits per heavy atom. The normalized spacial score (nSPS) is 11.2. The number of aryl methyl sites for hydroxylation is 1. The van der Waals surface area contributed by atoms with Crippen molar-refractivity contribution < 1.29 is 14.2 Å². The van der Waals surface area contributed by atoms with Crippen LogP contribution in [-0.2, 0) is 6.61 Å². The number of allylic oxidation sites excluding steroid dienone is 1. The van der Waals surface area contributed by atoms with E-state index in [2.05, 4.69) is 43.3 Å². The number of rotatable bonds is 7. The number of methoxy groups -OCH3 is 2. The second kappa shape index (κ2) is 9.93. The van der Waals surface area contributed by atoms with Gasteiger partial charge in [-0.05, 0) is 59.2 Å². The van der Waals surface area contributed by atoms with Crippen molar-refractivity contribution in [2.75, 3.05) is 14.2 Å². The highest BCUT2D eigenvalue weighted by Crippen LogP contribution is 2.35. The Balaban J connectivity index is 1.78. The van der Waals surface area contributed by atoms with Crippen molar-refractivity contribution in [3.05, 3.63) is 101 Å². The van der Waals surface area contributed by atoms with Crippen LogP contribution in [0, 0.1) is 18.3 Å². The van der Waals surface area contributed by atoms with Gasteiger partial charge in [0.1, 0.15) is 12.4 Å². The summed E-state index contributed by atoms with van der Waals surface area (Å²) in [6, 6.07) is 28.2. The van der Waals surface area contributed by atoms with Gasteiger partial charge in [-0.15, -0.1) is 0 Å². The summed E-state index contributed by atoms with van der Waals surface area (Å²) in [7, 11) is 3.17. The van der Waals surface area contributed by atoms with Crippen molar-refractivity contribution in [1.82, 2.24) is 0 Å². The molecule has 0 radical (unpaired) electrons. The average molecular weight is 436 g/mol. The second-order valence-electron chi connectivity index (χ2n) is 7.71. The van der Waals surface area contributed by atoms with Crippen LogP contribution in [0.4, 0.5) is 0 Å². The number of fused-ring (bicyclic) bond motifs is 1. The minimum Gasteiger partial charge on any atom is -0.493 e. The topological polar surface area (TPSA) is 51.5 Å². The van der Waals surface area contributed by atoms with Crippen LogP contribution in [0.15, 0.2) is 78.9 Å². The third-order valence-electron chi connectivity index (χ3n) is 5.55. The Morgan fingerprint density at radius 3 is 2.30 bits per heavy atom. The molecule has 0 bridgehead atoms. The summed E-state index contributed by atoms with van der Waals surface area (Å²) in [5.41, 5.74) is 4.41. The largest absolute Gasteiger partial charge is 0.493 e. The number of nitrogens with zero attached hydrogens (tertiary/aromatic N) is 1. The van der Waals surface area contributed by atoms with Crippen LogP contribution >= 0.6 is 0 Å². The van der Waals surface area contributed by atoms with E-state index in [1.807, 2.05) is 48.5 Å². The molecule has 0 aliphatic heterocycles. The van der Waals surface area contributed by atoms with E-state index in [4.69, 9.17) is 14.2 Å². The molecule has 0 fully saturated rings. The minimum absolute atomic E-state index is 0.442. The number of hydrogen-bond donors (Lipinski definition) is 0. The van der Waals surface area contributed by atoms with Gasteiger partial charge < -0.3 is 14.2 Å². The SMILES string of the molecule is COc1ccc(/C(C#N)=C/c2c(OCc3ccc(C)cc3)ccc3ccccc23)cc1OC. The molecule has 0 amide bonds. The number of ether oxygens (including phenoxy) is 3. The summed E-state index contributed by atoms with van der Waals surface area (Å²) in [4.78, 5) is 0. The summed E-state index contributed by atoms with van der Waals surface area (Å²) in [6.45, 7) is 2.51. The van der Waals surface area contributed by atoms with E-state index in [0.717, 1.165) is 33.2 Å². The monoisotopic (exact) mass is 435 g/mol. The second-order valence-corrected chi connectivity index (χ2v) is 7.71. The molecular weight excluding hydrogens is 410 g/mol. The van der Waals surface area contributed by atoms with E-state index in [-0.39, 0.29) is 0 Å². The van der Waals surface area contributed by atoms with E-state index in [9.17, 15) is 5.26 Å². The molecule has 4 aromatic rings. The summed E-state index contributed by atoms with van der Waals surface area (Å²) in [6.07, 6.45) is 1.88. The zero-order valence-electron chi connectivity index (χ0n) is 19.0. The molecule has 0 spiro atoms. The summed E-state index contributed by atoms with van der Waals surface area (Å²) < 4.78 is 17.0. The van der Waals surface area contributed by atoms with Gasteiger partial charge in [0.05, 0.1) is 25.9 Å². The van der Waals surface area contributed by atoms with E-state index in [1.54, 1.807) is 20.3 Å². The standard InChI is InChI=1S/C29H25NO3/c1-20-8-10-21(11-9-20)19-33-27-14-12-22-6-4-5-7-25(22)26(27)16-24(18-30)23-13-15-28(31-2)29(17-23)32-3/h4-17H,19H2,1-3H3/b24-16+. The fourth-order valence-corrected chi connectivity index (χ4v) is 3.72. The van der Waals surface area contributed by atoms with Crippen LogP contribution in [0.1, 0.15) is 22.3 Å². The van der Waals surface area contributed by atoms with Crippen LogP contribution in [0.2, 0.25) is 0 Å². The lowest BCUT2D eigenvalue weighted by Gasteiger charge is -2.14. The lowest BCUT2D eigenvalue weighted by atomic mass is 9.98. The third-order valence-corrected chi connectivity index (χ3v) is 5.55. The number of hydrogen-bond acceptors (Lipinski definition) is 4.